The van der Waals surface area contributed by atoms with Crippen LogP contribution in [0.3, 0.4) is 0 Å². The van der Waals surface area contributed by atoms with Crippen molar-refractivity contribution in [2.75, 3.05) is 0 Å². The molecule has 0 aliphatic rings. The zero-order valence-corrected chi connectivity index (χ0v) is 10.6. The molecule has 0 heterocycles. The summed E-state index contributed by atoms with van der Waals surface area (Å²) in [4.78, 5) is 11.8. The summed E-state index contributed by atoms with van der Waals surface area (Å²) >= 11 is 0. The second kappa shape index (κ2) is 5.46. The number of halogens is 1. The van der Waals surface area contributed by atoms with Gasteiger partial charge in [0.25, 0.3) is 0 Å². The minimum atomic E-state index is -0.943. The van der Waals surface area contributed by atoms with Gasteiger partial charge in [-0.3, -0.25) is 4.79 Å². The van der Waals surface area contributed by atoms with Crippen LogP contribution in [-0.4, -0.2) is 11.4 Å². The van der Waals surface area contributed by atoms with Gasteiger partial charge in [0.05, 0.1) is 6.07 Å². The summed E-state index contributed by atoms with van der Waals surface area (Å²) in [5, 5.41) is 11.4. The molecule has 4 heteroatoms. The first-order valence-electron chi connectivity index (χ1n) is 5.52. The van der Waals surface area contributed by atoms with E-state index in [2.05, 4.69) is 5.32 Å². The third-order valence-corrected chi connectivity index (χ3v) is 2.34. The molecule has 0 aromatic heterocycles. The summed E-state index contributed by atoms with van der Waals surface area (Å²) in [6.45, 7) is 4.78. The molecule has 1 amide bonds. The van der Waals surface area contributed by atoms with Crippen molar-refractivity contribution < 1.29 is 9.18 Å². The monoisotopic (exact) mass is 246 g/mol. The Morgan fingerprint density at radius 3 is 2.61 bits per heavy atom. The lowest BCUT2D eigenvalue weighted by Gasteiger charge is -2.17. The molecule has 0 atom stereocenters. The molecule has 0 aliphatic carbocycles. The van der Waals surface area contributed by atoms with Crippen LogP contribution in [0.15, 0.2) is 29.8 Å². The van der Waals surface area contributed by atoms with E-state index in [0.717, 1.165) is 0 Å². The number of hydrogen-bond donors (Lipinski definition) is 1. The van der Waals surface area contributed by atoms with E-state index < -0.39 is 5.54 Å². The maximum atomic E-state index is 13.4. The maximum Gasteiger partial charge on any atom is 0.248 e. The Labute approximate surface area is 106 Å². The highest BCUT2D eigenvalue weighted by Gasteiger charge is 2.19. The van der Waals surface area contributed by atoms with Crippen molar-refractivity contribution >= 4 is 12.0 Å². The van der Waals surface area contributed by atoms with E-state index in [1.54, 1.807) is 39.0 Å². The molecule has 0 saturated carbocycles. The zero-order valence-electron chi connectivity index (χ0n) is 10.6. The molecule has 0 radical (unpaired) electrons. The number of nitrogens with one attached hydrogen (secondary N) is 1. The van der Waals surface area contributed by atoms with Crippen molar-refractivity contribution in [2.45, 2.75) is 26.3 Å². The summed E-state index contributed by atoms with van der Waals surface area (Å²) in [7, 11) is 0. The molecule has 1 rings (SSSR count). The van der Waals surface area contributed by atoms with Gasteiger partial charge in [-0.25, -0.2) is 4.39 Å². The van der Waals surface area contributed by atoms with Crippen LogP contribution in [0.25, 0.3) is 6.08 Å². The highest BCUT2D eigenvalue weighted by Crippen LogP contribution is 2.12. The summed E-state index contributed by atoms with van der Waals surface area (Å²) in [5.74, 6) is -0.769. The molecule has 0 aliphatic heterocycles. The van der Waals surface area contributed by atoms with Gasteiger partial charge >= 0.3 is 0 Å². The topological polar surface area (TPSA) is 52.9 Å². The number of carbonyl (C=O) groups excluding carboxylic acids is 1. The predicted octanol–water partition coefficient (Wildman–Crippen LogP) is 2.65. The lowest BCUT2D eigenvalue weighted by Crippen LogP contribution is -2.42. The SMILES string of the molecule is C/C(=C\c1ccccc1F)C(=O)NC(C)(C)C#N. The lowest BCUT2D eigenvalue weighted by molar-refractivity contribution is -0.118. The quantitative estimate of drug-likeness (QED) is 0.833. The van der Waals surface area contributed by atoms with Crippen molar-refractivity contribution in [1.29, 1.82) is 5.26 Å². The first-order valence-corrected chi connectivity index (χ1v) is 5.52. The van der Waals surface area contributed by atoms with E-state index in [0.29, 0.717) is 11.1 Å². The van der Waals surface area contributed by atoms with E-state index in [1.165, 1.54) is 12.1 Å². The number of nitrogens with zero attached hydrogens (tertiary/aromatic N) is 1. The second-order valence-corrected chi connectivity index (χ2v) is 4.54. The molecule has 0 fully saturated rings. The van der Waals surface area contributed by atoms with E-state index in [4.69, 9.17) is 5.26 Å². The van der Waals surface area contributed by atoms with Gasteiger partial charge in [0.15, 0.2) is 0 Å². The van der Waals surface area contributed by atoms with Gasteiger partial charge in [0, 0.05) is 11.1 Å². The Morgan fingerprint density at radius 1 is 1.44 bits per heavy atom. The van der Waals surface area contributed by atoms with Gasteiger partial charge in [0.2, 0.25) is 5.91 Å². The summed E-state index contributed by atoms with van der Waals surface area (Å²) < 4.78 is 13.4. The number of benzene rings is 1. The average molecular weight is 246 g/mol. The summed E-state index contributed by atoms with van der Waals surface area (Å²) in [5.41, 5.74) is -0.246. The van der Waals surface area contributed by atoms with Gasteiger partial charge < -0.3 is 5.32 Å². The molecule has 1 aromatic carbocycles. The minimum absolute atomic E-state index is 0.347. The van der Waals surface area contributed by atoms with Crippen molar-refractivity contribution in [3.05, 3.63) is 41.2 Å². The largest absolute Gasteiger partial charge is 0.334 e. The van der Waals surface area contributed by atoms with Gasteiger partial charge in [0.1, 0.15) is 11.4 Å². The molecule has 0 spiro atoms. The summed E-state index contributed by atoms with van der Waals surface area (Å²) in [6.07, 6.45) is 1.46. The Morgan fingerprint density at radius 2 is 2.06 bits per heavy atom. The van der Waals surface area contributed by atoms with Crippen molar-refractivity contribution in [1.82, 2.24) is 5.32 Å². The molecule has 1 N–H and O–H groups in total. The van der Waals surface area contributed by atoms with Crippen molar-refractivity contribution in [2.24, 2.45) is 0 Å². The fourth-order valence-corrected chi connectivity index (χ4v) is 1.30. The number of hydrogen-bond acceptors (Lipinski definition) is 2. The highest BCUT2D eigenvalue weighted by atomic mass is 19.1. The maximum absolute atomic E-state index is 13.4. The molecule has 94 valence electrons. The van der Waals surface area contributed by atoms with E-state index >= 15 is 0 Å². The van der Waals surface area contributed by atoms with Crippen molar-refractivity contribution in [3.8, 4) is 6.07 Å². The predicted molar refractivity (Wildman–Crippen MR) is 67.9 cm³/mol. The van der Waals surface area contributed by atoms with Crippen molar-refractivity contribution in [3.63, 3.8) is 0 Å². The second-order valence-electron chi connectivity index (χ2n) is 4.54. The first-order chi connectivity index (χ1) is 8.35. The van der Waals surface area contributed by atoms with Crippen LogP contribution < -0.4 is 5.32 Å². The Hall–Kier alpha value is -2.15. The molecule has 0 bridgehead atoms. The molecule has 3 nitrogen and oxygen atoms in total. The van der Waals surface area contributed by atoms with Crippen LogP contribution in [0.4, 0.5) is 4.39 Å². The van der Waals surface area contributed by atoms with E-state index in [1.807, 2.05) is 6.07 Å². The smallest absolute Gasteiger partial charge is 0.248 e. The Kier molecular flexibility index (Phi) is 4.22. The Balaban J connectivity index is 2.89. The van der Waals surface area contributed by atoms with Crippen LogP contribution in [0.5, 0.6) is 0 Å². The molecular weight excluding hydrogens is 231 g/mol. The van der Waals surface area contributed by atoms with Gasteiger partial charge in [-0.1, -0.05) is 18.2 Å². The molecule has 18 heavy (non-hydrogen) atoms. The lowest BCUT2D eigenvalue weighted by atomic mass is 10.1. The number of nitriles is 1. The highest BCUT2D eigenvalue weighted by molar-refractivity contribution is 5.97. The number of amides is 1. The fourth-order valence-electron chi connectivity index (χ4n) is 1.30. The van der Waals surface area contributed by atoms with Crippen LogP contribution in [-0.2, 0) is 4.79 Å². The summed E-state index contributed by atoms with van der Waals surface area (Å²) in [6, 6.07) is 8.16. The van der Waals surface area contributed by atoms with E-state index in [9.17, 15) is 9.18 Å². The van der Waals surface area contributed by atoms with Crippen LogP contribution >= 0.6 is 0 Å². The molecular formula is C14H15FN2O. The van der Waals surface area contributed by atoms with Gasteiger partial charge in [-0.2, -0.15) is 5.26 Å². The third-order valence-electron chi connectivity index (χ3n) is 2.34. The fraction of sp³-hybridized carbons (Fsp3) is 0.286. The van der Waals surface area contributed by atoms with Crippen LogP contribution in [0.2, 0.25) is 0 Å². The molecule has 0 unspecified atom stereocenters. The first kappa shape index (κ1) is 13.9. The molecule has 0 saturated heterocycles. The standard InChI is InChI=1S/C14H15FN2O/c1-10(13(18)17-14(2,3)9-16)8-11-6-4-5-7-12(11)15/h4-8H,1-3H3,(H,17,18)/b10-8+. The number of rotatable bonds is 3. The Bertz CT molecular complexity index is 527. The molecule has 1 aromatic rings. The van der Waals surface area contributed by atoms with E-state index in [-0.39, 0.29) is 11.7 Å². The van der Waals surface area contributed by atoms with Crippen LogP contribution in [0, 0.1) is 17.1 Å². The number of carbonyl (C=O) groups is 1. The third kappa shape index (κ3) is 3.70. The average Bonchev–Trinajstić information content (AvgIpc) is 2.31. The van der Waals surface area contributed by atoms with Gasteiger partial charge in [-0.15, -0.1) is 0 Å². The minimum Gasteiger partial charge on any atom is -0.334 e. The normalized spacial score (nSPS) is 11.8. The van der Waals surface area contributed by atoms with Gasteiger partial charge in [-0.05, 0) is 32.9 Å². The zero-order chi connectivity index (χ0) is 13.8. The van der Waals surface area contributed by atoms with Crippen LogP contribution in [0.1, 0.15) is 26.3 Å².